The number of aliphatic carboxylic acids is 7. The Morgan fingerprint density at radius 1 is 0.290 bits per heavy atom. The van der Waals surface area contributed by atoms with Gasteiger partial charge >= 0.3 is 58.4 Å². The Labute approximate surface area is 217 Å². The van der Waals surface area contributed by atoms with Gasteiger partial charge in [0.1, 0.15) is 0 Å². The van der Waals surface area contributed by atoms with Crippen LogP contribution in [0.1, 0.15) is 48.5 Å². The van der Waals surface area contributed by atoms with Gasteiger partial charge in [0.05, 0.1) is 0 Å². The molecule has 0 fully saturated rings. The molecule has 183 valence electrons. The Kier molecular flexibility index (Phi) is 115. The van der Waals surface area contributed by atoms with Crippen molar-refractivity contribution in [2.75, 3.05) is 0 Å². The monoisotopic (exact) mass is 719 g/mol. The molecule has 0 aliphatic carbocycles. The van der Waals surface area contributed by atoms with Crippen LogP contribution in [0.2, 0.25) is 0 Å². The van der Waals surface area contributed by atoms with E-state index in [1.165, 1.54) is 0 Å². The third kappa shape index (κ3) is 5690. The first-order chi connectivity index (χ1) is 12.1. The van der Waals surface area contributed by atoms with E-state index >= 15 is 0 Å². The van der Waals surface area contributed by atoms with E-state index in [1.807, 2.05) is 0 Å². The molecule has 0 bridgehead atoms. The van der Waals surface area contributed by atoms with Gasteiger partial charge < -0.3 is 69.3 Å². The predicted octanol–water partition coefficient (Wildman–Crippen LogP) is -8.71. The molecule has 0 saturated heterocycles. The van der Waals surface area contributed by atoms with Crippen molar-refractivity contribution in [1.82, 2.24) is 0 Å². The van der Waals surface area contributed by atoms with Gasteiger partial charge in [0.2, 0.25) is 0 Å². The molecule has 3 radical (unpaired) electrons. The maximum absolute atomic E-state index is 8.89. The van der Waals surface area contributed by atoms with E-state index in [1.54, 1.807) is 0 Å². The minimum atomic E-state index is -1.08. The molecule has 14 nitrogen and oxygen atoms in total. The van der Waals surface area contributed by atoms with E-state index in [2.05, 4.69) is 0 Å². The fourth-order valence-electron chi connectivity index (χ4n) is 0. The summed E-state index contributed by atoms with van der Waals surface area (Å²) in [5.41, 5.74) is 0. The number of hydrogen-bond donors (Lipinski definition) is 0. The zero-order valence-electron chi connectivity index (χ0n) is 17.3. The number of hydrogen-bond acceptors (Lipinski definition) is 14. The van der Waals surface area contributed by atoms with Gasteiger partial charge in [-0.1, -0.05) is 0 Å². The number of rotatable bonds is 0. The van der Waals surface area contributed by atoms with Gasteiger partial charge in [0.25, 0.3) is 0 Å². The number of carbonyl (C=O) groups excluding carboxylic acids is 7. The predicted molar refractivity (Wildman–Crippen MR) is 74.8 cm³/mol. The van der Waals surface area contributed by atoms with Crippen molar-refractivity contribution in [2.24, 2.45) is 0 Å². The van der Waals surface area contributed by atoms with E-state index < -0.39 is 41.8 Å². The van der Waals surface area contributed by atoms with Gasteiger partial charge in [-0.15, -0.1) is 0 Å². The Morgan fingerprint density at radius 3 is 0.290 bits per heavy atom. The van der Waals surface area contributed by atoms with Crippen molar-refractivity contribution >= 4 is 41.8 Å². The van der Waals surface area contributed by atoms with Crippen molar-refractivity contribution in [3.05, 3.63) is 0 Å². The second kappa shape index (κ2) is 56.6. The van der Waals surface area contributed by atoms with Crippen LogP contribution in [0.25, 0.3) is 0 Å². The fraction of sp³-hybridized carbons (Fsp3) is 0.500. The summed E-state index contributed by atoms with van der Waals surface area (Å²) in [6.45, 7) is 6.81. The maximum atomic E-state index is 8.89. The molecule has 0 aliphatic rings. The normalized spacial score (nSPS) is 5.65. The second-order valence-corrected chi connectivity index (χ2v) is 3.44. The number of carbonyl (C=O) groups is 7. The van der Waals surface area contributed by atoms with Crippen molar-refractivity contribution in [2.45, 2.75) is 48.5 Å². The Hall–Kier alpha value is -1.84. The molecule has 0 unspecified atom stereocenters. The minimum Gasteiger partial charge on any atom is -0.550 e. The van der Waals surface area contributed by atoms with Crippen LogP contribution in [-0.4, -0.2) is 41.8 Å². The van der Waals surface area contributed by atoms with Gasteiger partial charge in [-0.3, -0.25) is 0 Å². The first kappa shape index (κ1) is 63.0. The van der Waals surface area contributed by atoms with Crippen molar-refractivity contribution in [3.63, 3.8) is 0 Å². The van der Waals surface area contributed by atoms with Crippen LogP contribution in [0.15, 0.2) is 0 Å². The maximum Gasteiger partial charge on any atom is 3.00 e. The van der Waals surface area contributed by atoms with E-state index in [0.717, 1.165) is 48.5 Å². The van der Waals surface area contributed by atoms with E-state index in [4.69, 9.17) is 69.3 Å². The molecule has 0 atom stereocenters. The van der Waals surface area contributed by atoms with Crippen LogP contribution in [0.3, 0.4) is 0 Å². The molecule has 0 spiro atoms. The minimum absolute atomic E-state index is 0. The first-order valence-electron chi connectivity index (χ1n) is 6.36. The van der Waals surface area contributed by atoms with E-state index in [9.17, 15) is 0 Å². The molecule has 0 rings (SSSR count). The average molecular weight is 717 g/mol. The summed E-state index contributed by atoms with van der Waals surface area (Å²) in [6.07, 6.45) is 0. The molecule has 31 heavy (non-hydrogen) atoms. The molecule has 0 heterocycles. The molecule has 0 aromatic heterocycles. The van der Waals surface area contributed by atoms with Crippen LogP contribution >= 0.6 is 0 Å². The Balaban J connectivity index is -0.0000000204. The molecule has 0 N–H and O–H groups in total. The van der Waals surface area contributed by atoms with Crippen molar-refractivity contribution in [3.8, 4) is 0 Å². The molecular weight excluding hydrogens is 695 g/mol. The summed E-state index contributed by atoms with van der Waals surface area (Å²) < 4.78 is 0. The molecular formula is C14H21O14Ru3+2. The quantitative estimate of drug-likeness (QED) is 0.211. The Morgan fingerprint density at radius 2 is 0.290 bits per heavy atom. The van der Waals surface area contributed by atoms with Gasteiger partial charge in [-0.25, -0.2) is 0 Å². The average Bonchev–Trinajstić information content (AvgIpc) is 2.20. The summed E-state index contributed by atoms with van der Waals surface area (Å²) in [5.74, 6) is -7.58. The molecule has 0 amide bonds. The largest absolute Gasteiger partial charge is 3.00 e. The molecule has 0 aromatic carbocycles. The molecule has 0 saturated carbocycles. The Bertz CT molecular complexity index is 321. The van der Waals surface area contributed by atoms with Crippen LogP contribution in [-0.2, 0) is 92.0 Å². The SMILES string of the molecule is CC(=O)[O-].CC(=O)[O-].CC(=O)[O-].CC(=O)[O-].CC(=O)[O-].CC(=O)[O-].CC(=O)[O-].[Ru+3].[Ru+3].[Ru+3]. The van der Waals surface area contributed by atoms with Gasteiger partial charge in [-0.2, -0.15) is 0 Å². The first-order valence-corrected chi connectivity index (χ1v) is 6.36. The third-order valence-electron chi connectivity index (χ3n) is 0. The third-order valence-corrected chi connectivity index (χ3v) is 0. The van der Waals surface area contributed by atoms with Gasteiger partial charge in [-0.05, 0) is 48.5 Å². The van der Waals surface area contributed by atoms with Crippen LogP contribution in [0, 0.1) is 0 Å². The second-order valence-electron chi connectivity index (χ2n) is 3.44. The standard InChI is InChI=1S/7C2H4O2.3Ru/c7*1-2(3)4;;;/h7*1H3,(H,3,4);;;/q;;;;;;;3*+3/p-7. The summed E-state index contributed by atoms with van der Waals surface area (Å²) >= 11 is 0. The summed E-state index contributed by atoms with van der Waals surface area (Å²) in [4.78, 5) is 62.2. The molecule has 0 aliphatic heterocycles. The van der Waals surface area contributed by atoms with E-state index in [-0.39, 0.29) is 58.4 Å². The molecule has 0 aromatic rings. The zero-order valence-corrected chi connectivity index (χ0v) is 22.5. The van der Waals surface area contributed by atoms with Gasteiger partial charge in [0.15, 0.2) is 0 Å². The molecule has 17 heteroatoms. The van der Waals surface area contributed by atoms with Crippen molar-refractivity contribution in [1.29, 1.82) is 0 Å². The topological polar surface area (TPSA) is 281 Å². The smallest absolute Gasteiger partial charge is 0.550 e. The van der Waals surface area contributed by atoms with Crippen LogP contribution < -0.4 is 35.7 Å². The van der Waals surface area contributed by atoms with Crippen molar-refractivity contribution < 1.29 is 128 Å². The summed E-state index contributed by atoms with van der Waals surface area (Å²) in [6, 6.07) is 0. The van der Waals surface area contributed by atoms with E-state index in [0.29, 0.717) is 0 Å². The number of carboxylic acids is 7. The van der Waals surface area contributed by atoms with Gasteiger partial charge in [0, 0.05) is 41.8 Å². The summed E-state index contributed by atoms with van der Waals surface area (Å²) in [7, 11) is 0. The zero-order chi connectivity index (χ0) is 25.0. The fourth-order valence-corrected chi connectivity index (χ4v) is 0. The summed E-state index contributed by atoms with van der Waals surface area (Å²) in [5, 5.41) is 62.2. The number of carboxylic acid groups (broad SMARTS) is 7. The van der Waals surface area contributed by atoms with Crippen LogP contribution in [0.4, 0.5) is 0 Å². The van der Waals surface area contributed by atoms with Crippen LogP contribution in [0.5, 0.6) is 0 Å².